The van der Waals surface area contributed by atoms with Gasteiger partial charge in [-0.05, 0) is 26.3 Å². The molecular weight excluding hydrogens is 204 g/mol. The van der Waals surface area contributed by atoms with Crippen molar-refractivity contribution >= 4 is 5.95 Å². The van der Waals surface area contributed by atoms with Crippen LogP contribution in [0.5, 0.6) is 0 Å². The first-order valence-corrected chi connectivity index (χ1v) is 5.17. The summed E-state index contributed by atoms with van der Waals surface area (Å²) in [4.78, 5) is 8.29. The predicted octanol–water partition coefficient (Wildman–Crippen LogP) is 1.49. The molecule has 0 saturated heterocycles. The monoisotopic (exact) mass is 220 g/mol. The molecule has 1 unspecified atom stereocenters. The summed E-state index contributed by atoms with van der Waals surface area (Å²) in [6.07, 6.45) is 0.871. The molecule has 86 valence electrons. The summed E-state index contributed by atoms with van der Waals surface area (Å²) in [5.74, 6) is 0.500. The van der Waals surface area contributed by atoms with E-state index in [1.165, 1.54) is 0 Å². The van der Waals surface area contributed by atoms with E-state index in [0.717, 1.165) is 12.1 Å². The Morgan fingerprint density at radius 3 is 2.94 bits per heavy atom. The third-order valence-corrected chi connectivity index (χ3v) is 2.10. The second-order valence-electron chi connectivity index (χ2n) is 3.66. The average molecular weight is 220 g/mol. The molecule has 1 aromatic rings. The molecule has 5 heteroatoms. The molecule has 0 aliphatic carbocycles. The largest absolute Gasteiger partial charge is 0.385 e. The van der Waals surface area contributed by atoms with Crippen molar-refractivity contribution in [2.45, 2.75) is 26.3 Å². The molecule has 0 bridgehead atoms. The van der Waals surface area contributed by atoms with Crippen LogP contribution in [0, 0.1) is 18.3 Å². The molecule has 1 N–H and O–H groups in total. The summed E-state index contributed by atoms with van der Waals surface area (Å²) in [6, 6.07) is 3.88. The third-order valence-electron chi connectivity index (χ3n) is 2.10. The highest BCUT2D eigenvalue weighted by atomic mass is 16.5. The van der Waals surface area contributed by atoms with Gasteiger partial charge in [0.25, 0.3) is 0 Å². The fraction of sp³-hybridized carbons (Fsp3) is 0.545. The van der Waals surface area contributed by atoms with Gasteiger partial charge < -0.3 is 10.1 Å². The van der Waals surface area contributed by atoms with Crippen molar-refractivity contribution in [3.8, 4) is 6.07 Å². The minimum atomic E-state index is 0.216. The normalized spacial score (nSPS) is 11.9. The lowest BCUT2D eigenvalue weighted by atomic mass is 10.2. The molecule has 0 aliphatic heterocycles. The number of nitrogens with one attached hydrogen (secondary N) is 1. The zero-order chi connectivity index (χ0) is 12.0. The van der Waals surface area contributed by atoms with Crippen LogP contribution in [-0.4, -0.2) is 29.7 Å². The first kappa shape index (κ1) is 12.4. The zero-order valence-electron chi connectivity index (χ0n) is 9.82. The minimum Gasteiger partial charge on any atom is -0.385 e. The van der Waals surface area contributed by atoms with Crippen LogP contribution in [0.25, 0.3) is 0 Å². The van der Waals surface area contributed by atoms with E-state index in [1.54, 1.807) is 13.2 Å². The van der Waals surface area contributed by atoms with Crippen LogP contribution in [0.1, 0.15) is 24.7 Å². The van der Waals surface area contributed by atoms with Crippen molar-refractivity contribution in [2.24, 2.45) is 0 Å². The molecule has 5 nitrogen and oxygen atoms in total. The number of nitriles is 1. The molecule has 1 rings (SSSR count). The fourth-order valence-corrected chi connectivity index (χ4v) is 1.28. The average Bonchev–Trinajstić information content (AvgIpc) is 2.25. The first-order valence-electron chi connectivity index (χ1n) is 5.17. The van der Waals surface area contributed by atoms with E-state index in [4.69, 9.17) is 10.00 Å². The molecule has 1 heterocycles. The van der Waals surface area contributed by atoms with E-state index in [-0.39, 0.29) is 6.04 Å². The van der Waals surface area contributed by atoms with Crippen LogP contribution < -0.4 is 5.32 Å². The van der Waals surface area contributed by atoms with Gasteiger partial charge in [0, 0.05) is 25.5 Å². The molecule has 0 spiro atoms. The summed E-state index contributed by atoms with van der Waals surface area (Å²) in [7, 11) is 1.67. The van der Waals surface area contributed by atoms with Crippen LogP contribution in [0.3, 0.4) is 0 Å². The molecular formula is C11H16N4O. The lowest BCUT2D eigenvalue weighted by Gasteiger charge is -2.13. The summed E-state index contributed by atoms with van der Waals surface area (Å²) in [5.41, 5.74) is 1.17. The Hall–Kier alpha value is -1.67. The molecule has 0 radical (unpaired) electrons. The van der Waals surface area contributed by atoms with Crippen molar-refractivity contribution in [2.75, 3.05) is 19.0 Å². The molecule has 0 aliphatic rings. The van der Waals surface area contributed by atoms with E-state index in [1.807, 2.05) is 19.9 Å². The summed E-state index contributed by atoms with van der Waals surface area (Å²) in [6.45, 7) is 4.55. The maximum absolute atomic E-state index is 8.77. The molecule has 0 fully saturated rings. The van der Waals surface area contributed by atoms with Crippen LogP contribution in [0.15, 0.2) is 6.07 Å². The number of ether oxygens (including phenoxy) is 1. The second kappa shape index (κ2) is 6.03. The fourth-order valence-electron chi connectivity index (χ4n) is 1.28. The van der Waals surface area contributed by atoms with Gasteiger partial charge in [-0.2, -0.15) is 5.26 Å². The van der Waals surface area contributed by atoms with E-state index in [0.29, 0.717) is 18.2 Å². The van der Waals surface area contributed by atoms with Gasteiger partial charge in [0.05, 0.1) is 0 Å². The number of anilines is 1. The van der Waals surface area contributed by atoms with Gasteiger partial charge in [-0.25, -0.2) is 9.97 Å². The smallest absolute Gasteiger partial charge is 0.224 e. The van der Waals surface area contributed by atoms with Crippen molar-refractivity contribution in [3.63, 3.8) is 0 Å². The predicted molar refractivity (Wildman–Crippen MR) is 61.1 cm³/mol. The van der Waals surface area contributed by atoms with Crippen LogP contribution in [0.4, 0.5) is 5.95 Å². The Morgan fingerprint density at radius 1 is 1.56 bits per heavy atom. The Labute approximate surface area is 95.5 Å². The van der Waals surface area contributed by atoms with Gasteiger partial charge in [0.1, 0.15) is 11.8 Å². The van der Waals surface area contributed by atoms with Crippen LogP contribution >= 0.6 is 0 Å². The molecule has 1 atom stereocenters. The molecule has 16 heavy (non-hydrogen) atoms. The van der Waals surface area contributed by atoms with E-state index in [2.05, 4.69) is 15.3 Å². The Bertz CT molecular complexity index is 386. The number of aromatic nitrogens is 2. The highest BCUT2D eigenvalue weighted by Crippen LogP contribution is 2.06. The topological polar surface area (TPSA) is 70.8 Å². The second-order valence-corrected chi connectivity index (χ2v) is 3.66. The zero-order valence-corrected chi connectivity index (χ0v) is 9.82. The number of methoxy groups -OCH3 is 1. The Balaban J connectivity index is 2.66. The molecule has 0 amide bonds. The number of hydrogen-bond donors (Lipinski definition) is 1. The summed E-state index contributed by atoms with van der Waals surface area (Å²) in [5, 5.41) is 11.9. The number of rotatable bonds is 5. The van der Waals surface area contributed by atoms with E-state index >= 15 is 0 Å². The highest BCUT2D eigenvalue weighted by Gasteiger charge is 2.05. The van der Waals surface area contributed by atoms with Gasteiger partial charge in [-0.1, -0.05) is 0 Å². The maximum atomic E-state index is 8.77. The lowest BCUT2D eigenvalue weighted by Crippen LogP contribution is -2.19. The number of hydrogen-bond acceptors (Lipinski definition) is 5. The van der Waals surface area contributed by atoms with Gasteiger partial charge in [0.2, 0.25) is 5.95 Å². The van der Waals surface area contributed by atoms with E-state index < -0.39 is 0 Å². The maximum Gasteiger partial charge on any atom is 0.224 e. The minimum absolute atomic E-state index is 0.216. The Morgan fingerprint density at radius 2 is 2.31 bits per heavy atom. The highest BCUT2D eigenvalue weighted by molar-refractivity contribution is 5.33. The van der Waals surface area contributed by atoms with Crippen molar-refractivity contribution < 1.29 is 4.74 Å². The quantitative estimate of drug-likeness (QED) is 0.814. The van der Waals surface area contributed by atoms with Crippen molar-refractivity contribution in [1.82, 2.24) is 9.97 Å². The summed E-state index contributed by atoms with van der Waals surface area (Å²) < 4.78 is 4.99. The SMILES string of the molecule is COCCC(C)Nc1nc(C)cc(C#N)n1. The number of aryl methyl sites for hydroxylation is 1. The molecule has 0 aromatic carbocycles. The summed E-state index contributed by atoms with van der Waals surface area (Å²) >= 11 is 0. The Kier molecular flexibility index (Phi) is 4.67. The van der Waals surface area contributed by atoms with Gasteiger partial charge in [-0.3, -0.25) is 0 Å². The van der Waals surface area contributed by atoms with Crippen molar-refractivity contribution in [3.05, 3.63) is 17.5 Å². The van der Waals surface area contributed by atoms with Crippen LogP contribution in [-0.2, 0) is 4.74 Å². The van der Waals surface area contributed by atoms with Crippen molar-refractivity contribution in [1.29, 1.82) is 5.26 Å². The third kappa shape index (κ3) is 3.83. The van der Waals surface area contributed by atoms with Gasteiger partial charge in [0.15, 0.2) is 0 Å². The first-order chi connectivity index (χ1) is 7.65. The lowest BCUT2D eigenvalue weighted by molar-refractivity contribution is 0.191. The van der Waals surface area contributed by atoms with Gasteiger partial charge >= 0.3 is 0 Å². The number of nitrogens with zero attached hydrogens (tertiary/aromatic N) is 3. The molecule has 0 saturated carbocycles. The van der Waals surface area contributed by atoms with Gasteiger partial charge in [-0.15, -0.1) is 0 Å². The van der Waals surface area contributed by atoms with Crippen LogP contribution in [0.2, 0.25) is 0 Å². The standard InChI is InChI=1S/C11H16N4O/c1-8(4-5-16-3)13-11-14-9(2)6-10(7-12)15-11/h6,8H,4-5H2,1-3H3,(H,13,14,15). The van der Waals surface area contributed by atoms with E-state index in [9.17, 15) is 0 Å². The molecule has 1 aromatic heterocycles.